The highest BCUT2D eigenvalue weighted by Crippen LogP contribution is 2.40. The zero-order chi connectivity index (χ0) is 24.2. The number of hydrogen-bond acceptors (Lipinski definition) is 6. The predicted molar refractivity (Wildman–Crippen MR) is 127 cm³/mol. The fraction of sp³-hybridized carbons (Fsp3) is 0.208. The van der Waals surface area contributed by atoms with Gasteiger partial charge in [-0.2, -0.15) is 0 Å². The molecule has 9 heteroatoms. The van der Waals surface area contributed by atoms with E-state index < -0.39 is 10.0 Å². The number of ether oxygens (including phenoxy) is 3. The highest BCUT2D eigenvalue weighted by Gasteiger charge is 2.21. The van der Waals surface area contributed by atoms with Crippen molar-refractivity contribution < 1.29 is 27.4 Å². The van der Waals surface area contributed by atoms with Gasteiger partial charge < -0.3 is 19.5 Å². The number of nitrogens with zero attached hydrogens (tertiary/aromatic N) is 1. The first kappa shape index (κ1) is 23.9. The third-order valence-electron chi connectivity index (χ3n) is 5.10. The second-order valence-corrected chi connectivity index (χ2v) is 9.17. The van der Waals surface area contributed by atoms with Gasteiger partial charge in [0.15, 0.2) is 11.5 Å². The monoisotopic (exact) mass is 470 g/mol. The molecule has 0 heterocycles. The molecular formula is C24H26N2O6S. The molecule has 0 fully saturated rings. The lowest BCUT2D eigenvalue weighted by molar-refractivity contribution is 0.102. The van der Waals surface area contributed by atoms with Crippen LogP contribution in [0, 0.1) is 6.92 Å². The molecule has 3 aromatic carbocycles. The van der Waals surface area contributed by atoms with Crippen molar-refractivity contribution in [2.75, 3.05) is 38.0 Å². The maximum atomic E-state index is 12.9. The number of sulfonamides is 1. The molecule has 0 saturated heterocycles. The number of nitrogens with one attached hydrogen (secondary N) is 1. The number of amides is 1. The van der Waals surface area contributed by atoms with Crippen LogP contribution in [0.1, 0.15) is 15.9 Å². The van der Waals surface area contributed by atoms with Crippen molar-refractivity contribution in [1.82, 2.24) is 0 Å². The molecule has 0 aliphatic rings. The van der Waals surface area contributed by atoms with Crippen molar-refractivity contribution in [2.24, 2.45) is 0 Å². The average molecular weight is 471 g/mol. The lowest BCUT2D eigenvalue weighted by atomic mass is 10.2. The van der Waals surface area contributed by atoms with E-state index in [1.807, 2.05) is 6.92 Å². The fourth-order valence-electron chi connectivity index (χ4n) is 3.19. The minimum atomic E-state index is -3.72. The third-order valence-corrected chi connectivity index (χ3v) is 6.89. The van der Waals surface area contributed by atoms with E-state index in [9.17, 15) is 13.2 Å². The van der Waals surface area contributed by atoms with E-state index in [-0.39, 0.29) is 10.8 Å². The van der Waals surface area contributed by atoms with E-state index in [1.54, 1.807) is 60.7 Å². The molecule has 0 atom stereocenters. The molecule has 0 aliphatic carbocycles. The van der Waals surface area contributed by atoms with Crippen LogP contribution in [0.2, 0.25) is 0 Å². The van der Waals surface area contributed by atoms with Crippen molar-refractivity contribution in [3.05, 3.63) is 71.8 Å². The maximum Gasteiger partial charge on any atom is 0.264 e. The first-order valence-electron chi connectivity index (χ1n) is 9.98. The molecule has 174 valence electrons. The summed E-state index contributed by atoms with van der Waals surface area (Å²) in [6, 6.07) is 16.2. The molecule has 0 aliphatic heterocycles. The molecule has 0 saturated carbocycles. The van der Waals surface area contributed by atoms with E-state index in [0.717, 1.165) is 5.56 Å². The summed E-state index contributed by atoms with van der Waals surface area (Å²) in [5.41, 5.74) is 2.21. The Bertz CT molecular complexity index is 1210. The molecule has 0 aromatic heterocycles. The van der Waals surface area contributed by atoms with Crippen molar-refractivity contribution in [2.45, 2.75) is 11.8 Å². The van der Waals surface area contributed by atoms with Crippen LogP contribution in [-0.4, -0.2) is 42.7 Å². The number of benzene rings is 3. The summed E-state index contributed by atoms with van der Waals surface area (Å²) in [5.74, 6) is 0.857. The summed E-state index contributed by atoms with van der Waals surface area (Å²) >= 11 is 0. The standard InChI is InChI=1S/C24H26N2O6S/c1-16-6-12-20(13-7-16)33(28,29)26(2)19-10-8-17(9-11-19)24(27)25-18-14-21(30-3)23(32-5)22(15-18)31-4/h6-15H,1-5H3,(H,25,27). The molecule has 8 nitrogen and oxygen atoms in total. The molecular weight excluding hydrogens is 444 g/mol. The number of aryl methyl sites for hydroxylation is 1. The van der Waals surface area contributed by atoms with E-state index in [0.29, 0.717) is 34.2 Å². The zero-order valence-corrected chi connectivity index (χ0v) is 19.9. The topological polar surface area (TPSA) is 94.2 Å². The summed E-state index contributed by atoms with van der Waals surface area (Å²) in [6.07, 6.45) is 0. The molecule has 3 rings (SSSR count). The van der Waals surface area contributed by atoms with Crippen LogP contribution in [-0.2, 0) is 10.0 Å². The van der Waals surface area contributed by atoms with Crippen molar-refractivity contribution in [3.63, 3.8) is 0 Å². The SMILES string of the molecule is COc1cc(NC(=O)c2ccc(N(C)S(=O)(=O)c3ccc(C)cc3)cc2)cc(OC)c1OC. The molecule has 0 unspecified atom stereocenters. The molecule has 3 aromatic rings. The second kappa shape index (κ2) is 9.83. The predicted octanol–water partition coefficient (Wildman–Crippen LogP) is 4.10. The van der Waals surface area contributed by atoms with Crippen LogP contribution in [0.15, 0.2) is 65.6 Å². The summed E-state index contributed by atoms with van der Waals surface area (Å²) in [6.45, 7) is 1.89. The van der Waals surface area contributed by atoms with E-state index in [2.05, 4.69) is 5.32 Å². The van der Waals surface area contributed by atoms with Crippen LogP contribution in [0.25, 0.3) is 0 Å². The number of anilines is 2. The Morgan fingerprint density at radius 1 is 0.848 bits per heavy atom. The first-order chi connectivity index (χ1) is 15.7. The van der Waals surface area contributed by atoms with E-state index in [1.165, 1.54) is 32.7 Å². The van der Waals surface area contributed by atoms with Crippen LogP contribution in [0.5, 0.6) is 17.2 Å². The average Bonchev–Trinajstić information content (AvgIpc) is 2.83. The summed E-state index contributed by atoms with van der Waals surface area (Å²) in [4.78, 5) is 12.9. The molecule has 0 bridgehead atoms. The van der Waals surface area contributed by atoms with Gasteiger partial charge in [0.25, 0.3) is 15.9 Å². The lowest BCUT2D eigenvalue weighted by Crippen LogP contribution is -2.26. The molecule has 0 spiro atoms. The van der Waals surface area contributed by atoms with Crippen molar-refractivity contribution >= 4 is 27.3 Å². The number of methoxy groups -OCH3 is 3. The summed E-state index contributed by atoms with van der Waals surface area (Å²) in [5, 5.41) is 2.78. The third kappa shape index (κ3) is 5.04. The Hall–Kier alpha value is -3.72. The normalized spacial score (nSPS) is 10.9. The van der Waals surface area contributed by atoms with Crippen molar-refractivity contribution in [1.29, 1.82) is 0 Å². The number of rotatable bonds is 8. The maximum absolute atomic E-state index is 12.9. The van der Waals surface area contributed by atoms with Crippen molar-refractivity contribution in [3.8, 4) is 17.2 Å². The minimum Gasteiger partial charge on any atom is -0.493 e. The Labute approximate surface area is 193 Å². The van der Waals surface area contributed by atoms with Crippen LogP contribution in [0.4, 0.5) is 11.4 Å². The van der Waals surface area contributed by atoms with Gasteiger partial charge >= 0.3 is 0 Å². The lowest BCUT2D eigenvalue weighted by Gasteiger charge is -2.20. The van der Waals surface area contributed by atoms with Gasteiger partial charge in [-0.1, -0.05) is 17.7 Å². The van der Waals surface area contributed by atoms with E-state index >= 15 is 0 Å². The molecule has 0 radical (unpaired) electrons. The van der Waals surface area contributed by atoms with Gasteiger partial charge in [0, 0.05) is 30.4 Å². The largest absolute Gasteiger partial charge is 0.493 e. The fourth-order valence-corrected chi connectivity index (χ4v) is 4.38. The van der Waals surface area contributed by atoms with Gasteiger partial charge in [-0.3, -0.25) is 9.10 Å². The van der Waals surface area contributed by atoms with Gasteiger partial charge in [0.2, 0.25) is 5.75 Å². The Morgan fingerprint density at radius 3 is 1.88 bits per heavy atom. The van der Waals surface area contributed by atoms with Gasteiger partial charge in [0.1, 0.15) is 0 Å². The highest BCUT2D eigenvalue weighted by molar-refractivity contribution is 7.92. The number of hydrogen-bond donors (Lipinski definition) is 1. The zero-order valence-electron chi connectivity index (χ0n) is 19.1. The Kier molecular flexibility index (Phi) is 7.13. The van der Waals surface area contributed by atoms with Gasteiger partial charge in [0.05, 0.1) is 31.9 Å². The quantitative estimate of drug-likeness (QED) is 0.533. The molecule has 33 heavy (non-hydrogen) atoms. The summed E-state index contributed by atoms with van der Waals surface area (Å²) in [7, 11) is 2.23. The minimum absolute atomic E-state index is 0.194. The Balaban J connectivity index is 1.80. The summed E-state index contributed by atoms with van der Waals surface area (Å²) < 4.78 is 42.9. The van der Waals surface area contributed by atoms with Crippen LogP contribution < -0.4 is 23.8 Å². The van der Waals surface area contributed by atoms with E-state index in [4.69, 9.17) is 14.2 Å². The Morgan fingerprint density at radius 2 is 1.39 bits per heavy atom. The molecule has 1 N–H and O–H groups in total. The van der Waals surface area contributed by atoms with Gasteiger partial charge in [-0.15, -0.1) is 0 Å². The smallest absolute Gasteiger partial charge is 0.264 e. The number of carbonyl (C=O) groups excluding carboxylic acids is 1. The number of carbonyl (C=O) groups is 1. The highest BCUT2D eigenvalue weighted by atomic mass is 32.2. The molecule has 1 amide bonds. The second-order valence-electron chi connectivity index (χ2n) is 7.20. The van der Waals surface area contributed by atoms with Crippen LogP contribution >= 0.6 is 0 Å². The van der Waals surface area contributed by atoms with Gasteiger partial charge in [-0.25, -0.2) is 8.42 Å². The van der Waals surface area contributed by atoms with Gasteiger partial charge in [-0.05, 0) is 43.3 Å². The van der Waals surface area contributed by atoms with Crippen LogP contribution in [0.3, 0.4) is 0 Å². The first-order valence-corrected chi connectivity index (χ1v) is 11.4.